The standard InChI is InChI=1S/C25H29N5O2S/c1-19-18-28(15-16-29(19)24(32)21-10-5-3-6-11-21)23(31)14-9-17-33-25-27-26-20(2)30(25)22-12-7-4-8-13-22/h3-8,10-13,19H,9,14-18H2,1-2H3. The molecule has 3 aromatic rings. The van der Waals surface area contributed by atoms with Crippen molar-refractivity contribution in [1.82, 2.24) is 24.6 Å². The topological polar surface area (TPSA) is 71.3 Å². The van der Waals surface area contributed by atoms with E-state index < -0.39 is 0 Å². The summed E-state index contributed by atoms with van der Waals surface area (Å²) in [5, 5.41) is 9.36. The largest absolute Gasteiger partial charge is 0.339 e. The molecular weight excluding hydrogens is 434 g/mol. The highest BCUT2D eigenvalue weighted by Gasteiger charge is 2.30. The second-order valence-electron chi connectivity index (χ2n) is 8.21. The van der Waals surface area contributed by atoms with Crippen molar-refractivity contribution >= 4 is 23.6 Å². The first-order valence-electron chi connectivity index (χ1n) is 11.3. The number of piperazine rings is 1. The number of aromatic nitrogens is 3. The predicted octanol–water partition coefficient (Wildman–Crippen LogP) is 3.82. The summed E-state index contributed by atoms with van der Waals surface area (Å²) in [7, 11) is 0. The van der Waals surface area contributed by atoms with E-state index in [1.807, 2.05) is 88.9 Å². The summed E-state index contributed by atoms with van der Waals surface area (Å²) in [4.78, 5) is 29.3. The lowest BCUT2D eigenvalue weighted by Crippen LogP contribution is -2.55. The molecule has 0 saturated carbocycles. The molecule has 1 fully saturated rings. The van der Waals surface area contributed by atoms with Gasteiger partial charge in [0.15, 0.2) is 5.16 Å². The van der Waals surface area contributed by atoms with E-state index in [9.17, 15) is 9.59 Å². The van der Waals surface area contributed by atoms with Crippen LogP contribution in [-0.4, -0.2) is 67.8 Å². The van der Waals surface area contributed by atoms with Crippen LogP contribution in [0.5, 0.6) is 0 Å². The minimum Gasteiger partial charge on any atom is -0.339 e. The van der Waals surface area contributed by atoms with Gasteiger partial charge in [-0.05, 0) is 44.5 Å². The molecule has 4 rings (SSSR count). The van der Waals surface area contributed by atoms with Crippen LogP contribution in [0.4, 0.5) is 0 Å². The molecule has 1 saturated heterocycles. The van der Waals surface area contributed by atoms with Gasteiger partial charge in [0.2, 0.25) is 5.91 Å². The van der Waals surface area contributed by atoms with Crippen molar-refractivity contribution < 1.29 is 9.59 Å². The zero-order chi connectivity index (χ0) is 23.2. The van der Waals surface area contributed by atoms with E-state index in [0.717, 1.165) is 28.8 Å². The Morgan fingerprint density at radius 3 is 2.39 bits per heavy atom. The Hall–Kier alpha value is -3.13. The average molecular weight is 464 g/mol. The highest BCUT2D eigenvalue weighted by molar-refractivity contribution is 7.99. The number of hydrogen-bond donors (Lipinski definition) is 0. The molecule has 0 aliphatic carbocycles. The van der Waals surface area contributed by atoms with Gasteiger partial charge in [0.05, 0.1) is 0 Å². The molecule has 1 aliphatic rings. The van der Waals surface area contributed by atoms with Crippen LogP contribution >= 0.6 is 11.8 Å². The minimum absolute atomic E-state index is 0.00261. The van der Waals surface area contributed by atoms with Gasteiger partial charge in [-0.15, -0.1) is 10.2 Å². The molecular formula is C25H29N5O2S. The first-order valence-corrected chi connectivity index (χ1v) is 12.3. The first kappa shape index (κ1) is 23.0. The Kier molecular flexibility index (Phi) is 7.44. The molecule has 0 bridgehead atoms. The first-order chi connectivity index (χ1) is 16.0. The van der Waals surface area contributed by atoms with Crippen molar-refractivity contribution in [3.63, 3.8) is 0 Å². The predicted molar refractivity (Wildman–Crippen MR) is 130 cm³/mol. The fraction of sp³-hybridized carbons (Fsp3) is 0.360. The van der Waals surface area contributed by atoms with Gasteiger partial charge in [-0.2, -0.15) is 0 Å². The van der Waals surface area contributed by atoms with Crippen LogP contribution < -0.4 is 0 Å². The van der Waals surface area contributed by atoms with Gasteiger partial charge in [-0.25, -0.2) is 0 Å². The highest BCUT2D eigenvalue weighted by Crippen LogP contribution is 2.23. The Morgan fingerprint density at radius 2 is 1.70 bits per heavy atom. The fourth-order valence-electron chi connectivity index (χ4n) is 4.09. The van der Waals surface area contributed by atoms with Crippen LogP contribution in [0.3, 0.4) is 0 Å². The van der Waals surface area contributed by atoms with E-state index in [4.69, 9.17) is 0 Å². The van der Waals surface area contributed by atoms with Gasteiger partial charge >= 0.3 is 0 Å². The summed E-state index contributed by atoms with van der Waals surface area (Å²) in [6.07, 6.45) is 1.26. The highest BCUT2D eigenvalue weighted by atomic mass is 32.2. The molecule has 33 heavy (non-hydrogen) atoms. The van der Waals surface area contributed by atoms with Gasteiger partial charge in [-0.1, -0.05) is 48.2 Å². The molecule has 172 valence electrons. The molecule has 0 radical (unpaired) electrons. The van der Waals surface area contributed by atoms with Crippen LogP contribution in [-0.2, 0) is 4.79 Å². The number of benzene rings is 2. The zero-order valence-corrected chi connectivity index (χ0v) is 19.9. The summed E-state index contributed by atoms with van der Waals surface area (Å²) < 4.78 is 2.04. The van der Waals surface area contributed by atoms with Crippen molar-refractivity contribution in [1.29, 1.82) is 0 Å². The van der Waals surface area contributed by atoms with Crippen LogP contribution in [0.15, 0.2) is 65.8 Å². The maximum atomic E-state index is 12.8. The lowest BCUT2D eigenvalue weighted by Gasteiger charge is -2.40. The van der Waals surface area contributed by atoms with Crippen molar-refractivity contribution in [2.24, 2.45) is 0 Å². The summed E-state index contributed by atoms with van der Waals surface area (Å²) in [5.41, 5.74) is 1.73. The van der Waals surface area contributed by atoms with E-state index in [2.05, 4.69) is 10.2 Å². The Labute approximate surface area is 198 Å². The smallest absolute Gasteiger partial charge is 0.254 e. The number of thioether (sulfide) groups is 1. The third kappa shape index (κ3) is 5.45. The SMILES string of the molecule is Cc1nnc(SCCCC(=O)N2CCN(C(=O)c3ccccc3)C(C)C2)n1-c1ccccc1. The van der Waals surface area contributed by atoms with E-state index >= 15 is 0 Å². The molecule has 1 atom stereocenters. The second kappa shape index (κ2) is 10.7. The summed E-state index contributed by atoms with van der Waals surface area (Å²) in [6, 6.07) is 19.4. The molecule has 7 nitrogen and oxygen atoms in total. The fourth-order valence-corrected chi connectivity index (χ4v) is 5.02. The van der Waals surface area contributed by atoms with Gasteiger partial charge in [0.1, 0.15) is 5.82 Å². The molecule has 1 aliphatic heterocycles. The maximum Gasteiger partial charge on any atom is 0.254 e. The molecule has 1 aromatic heterocycles. The number of carbonyl (C=O) groups is 2. The lowest BCUT2D eigenvalue weighted by molar-refractivity contribution is -0.133. The molecule has 2 heterocycles. The Bertz CT molecular complexity index is 1090. The van der Waals surface area contributed by atoms with Crippen LogP contribution in [0.2, 0.25) is 0 Å². The monoisotopic (exact) mass is 463 g/mol. The van der Waals surface area contributed by atoms with E-state index in [1.54, 1.807) is 11.8 Å². The number of hydrogen-bond acceptors (Lipinski definition) is 5. The van der Waals surface area contributed by atoms with Gasteiger partial charge in [-0.3, -0.25) is 14.2 Å². The van der Waals surface area contributed by atoms with Gasteiger partial charge < -0.3 is 9.80 Å². The third-order valence-electron chi connectivity index (χ3n) is 5.84. The number of rotatable bonds is 7. The van der Waals surface area contributed by atoms with E-state index in [0.29, 0.717) is 31.6 Å². The zero-order valence-electron chi connectivity index (χ0n) is 19.1. The number of para-hydroxylation sites is 1. The molecule has 0 N–H and O–H groups in total. The Morgan fingerprint density at radius 1 is 1.00 bits per heavy atom. The summed E-state index contributed by atoms with van der Waals surface area (Å²) >= 11 is 1.62. The second-order valence-corrected chi connectivity index (χ2v) is 9.27. The third-order valence-corrected chi connectivity index (χ3v) is 6.85. The number of carbonyl (C=O) groups excluding carboxylic acids is 2. The summed E-state index contributed by atoms with van der Waals surface area (Å²) in [6.45, 7) is 5.67. The molecule has 2 aromatic carbocycles. The maximum absolute atomic E-state index is 12.8. The van der Waals surface area contributed by atoms with Crippen LogP contribution in [0.25, 0.3) is 5.69 Å². The van der Waals surface area contributed by atoms with E-state index in [-0.39, 0.29) is 17.9 Å². The van der Waals surface area contributed by atoms with Crippen molar-refractivity contribution in [2.45, 2.75) is 37.9 Å². The molecule has 2 amide bonds. The number of nitrogens with zero attached hydrogens (tertiary/aromatic N) is 5. The number of aryl methyl sites for hydroxylation is 1. The minimum atomic E-state index is -0.00261. The molecule has 8 heteroatoms. The van der Waals surface area contributed by atoms with Crippen molar-refractivity contribution in [2.75, 3.05) is 25.4 Å². The summed E-state index contributed by atoms with van der Waals surface area (Å²) in [5.74, 6) is 1.81. The van der Waals surface area contributed by atoms with E-state index in [1.165, 1.54) is 0 Å². The quantitative estimate of drug-likeness (QED) is 0.394. The van der Waals surface area contributed by atoms with Crippen LogP contribution in [0.1, 0.15) is 35.9 Å². The molecule has 0 spiro atoms. The lowest BCUT2D eigenvalue weighted by atomic mass is 10.1. The Balaban J connectivity index is 1.25. The van der Waals surface area contributed by atoms with Gasteiger partial charge in [0, 0.05) is 49.1 Å². The normalized spacial score (nSPS) is 16.1. The van der Waals surface area contributed by atoms with Crippen molar-refractivity contribution in [3.8, 4) is 5.69 Å². The van der Waals surface area contributed by atoms with Crippen molar-refractivity contribution in [3.05, 3.63) is 72.1 Å². The average Bonchev–Trinajstić information content (AvgIpc) is 3.22. The molecule has 1 unspecified atom stereocenters. The van der Waals surface area contributed by atoms with Crippen LogP contribution in [0, 0.1) is 6.92 Å². The number of amides is 2. The van der Waals surface area contributed by atoms with Gasteiger partial charge in [0.25, 0.3) is 5.91 Å².